The van der Waals surface area contributed by atoms with E-state index in [2.05, 4.69) is 72.7 Å². The minimum atomic E-state index is -0.233. The molecular weight excluding hydrogens is 638 g/mol. The number of rotatable bonds is 19. The van der Waals surface area contributed by atoms with E-state index in [1.54, 1.807) is 37.5 Å². The second kappa shape index (κ2) is 19.0. The Morgan fingerprint density at radius 3 is 2.66 bits per heavy atom. The summed E-state index contributed by atoms with van der Waals surface area (Å²) in [5.74, 6) is 1.09. The molecule has 0 aliphatic rings. The van der Waals surface area contributed by atoms with Gasteiger partial charge in [0.25, 0.3) is 11.8 Å². The number of benzene rings is 2. The van der Waals surface area contributed by atoms with Gasteiger partial charge in [-0.25, -0.2) is 9.97 Å². The van der Waals surface area contributed by atoms with Gasteiger partial charge in [0, 0.05) is 73.5 Å². The van der Waals surface area contributed by atoms with E-state index >= 15 is 0 Å². The number of methoxy groups -OCH3 is 1. The van der Waals surface area contributed by atoms with Gasteiger partial charge in [-0.3, -0.25) is 9.79 Å². The Morgan fingerprint density at radius 1 is 0.980 bits per heavy atom. The molecular formula is C37H43N7O6. The summed E-state index contributed by atoms with van der Waals surface area (Å²) >= 11 is 0. The molecule has 2 aromatic carbocycles. The van der Waals surface area contributed by atoms with E-state index in [0.29, 0.717) is 61.8 Å². The topological polar surface area (TPSA) is 143 Å². The van der Waals surface area contributed by atoms with Gasteiger partial charge in [0.1, 0.15) is 5.75 Å². The van der Waals surface area contributed by atoms with Crippen LogP contribution in [0.4, 0.5) is 0 Å². The number of aryl methyl sites for hydroxylation is 1. The number of oxime groups is 1. The quantitative estimate of drug-likeness (QED) is 0.0563. The van der Waals surface area contributed by atoms with E-state index < -0.39 is 0 Å². The van der Waals surface area contributed by atoms with Crippen molar-refractivity contribution in [2.75, 3.05) is 60.3 Å². The van der Waals surface area contributed by atoms with Crippen LogP contribution in [0.1, 0.15) is 23.7 Å². The molecule has 262 valence electrons. The summed E-state index contributed by atoms with van der Waals surface area (Å²) in [7, 11) is 3.15. The lowest BCUT2D eigenvalue weighted by atomic mass is 10.1. The van der Waals surface area contributed by atoms with Crippen molar-refractivity contribution < 1.29 is 28.6 Å². The van der Waals surface area contributed by atoms with E-state index in [0.717, 1.165) is 30.5 Å². The second-order valence-corrected chi connectivity index (χ2v) is 11.0. The third-order valence-electron chi connectivity index (χ3n) is 7.69. The van der Waals surface area contributed by atoms with Gasteiger partial charge in [-0.15, -0.1) is 0 Å². The maximum Gasteiger partial charge on any atom is 0.258 e. The van der Waals surface area contributed by atoms with Crippen LogP contribution in [-0.2, 0) is 32.2 Å². The molecule has 1 amide bonds. The molecule has 0 aliphatic carbocycles. The lowest BCUT2D eigenvalue weighted by molar-refractivity contribution is -0.123. The maximum atomic E-state index is 12.3. The second-order valence-electron chi connectivity index (χ2n) is 11.0. The molecule has 0 saturated heterocycles. The van der Waals surface area contributed by atoms with Gasteiger partial charge in [-0.05, 0) is 55.0 Å². The molecule has 0 fully saturated rings. The molecule has 50 heavy (non-hydrogen) atoms. The van der Waals surface area contributed by atoms with Crippen LogP contribution in [0, 0.1) is 0 Å². The number of nitrogens with zero attached hydrogens (tertiary/aromatic N) is 5. The molecule has 13 nitrogen and oxygen atoms in total. The number of hydrogen-bond donors (Lipinski definition) is 2. The third-order valence-corrected chi connectivity index (χ3v) is 7.69. The lowest BCUT2D eigenvalue weighted by Gasteiger charge is -2.10. The van der Waals surface area contributed by atoms with Crippen LogP contribution in [0.2, 0.25) is 0 Å². The first-order valence-corrected chi connectivity index (χ1v) is 16.5. The van der Waals surface area contributed by atoms with Gasteiger partial charge in [-0.1, -0.05) is 23.4 Å². The van der Waals surface area contributed by atoms with Gasteiger partial charge in [0.15, 0.2) is 6.61 Å². The van der Waals surface area contributed by atoms with E-state index in [1.165, 1.54) is 29.8 Å². The van der Waals surface area contributed by atoms with E-state index in [4.69, 9.17) is 23.8 Å². The Morgan fingerprint density at radius 2 is 1.84 bits per heavy atom. The number of amides is 1. The molecule has 0 saturated carbocycles. The predicted octanol–water partition coefficient (Wildman–Crippen LogP) is 4.36. The van der Waals surface area contributed by atoms with E-state index in [9.17, 15) is 4.79 Å². The van der Waals surface area contributed by atoms with Crippen LogP contribution < -0.4 is 20.1 Å². The van der Waals surface area contributed by atoms with E-state index in [1.807, 2.05) is 18.2 Å². The van der Waals surface area contributed by atoms with Crippen LogP contribution >= 0.6 is 0 Å². The fraction of sp³-hybridized carbons (Fsp3) is 0.324. The molecule has 13 heteroatoms. The van der Waals surface area contributed by atoms with Gasteiger partial charge in [0.2, 0.25) is 5.88 Å². The third kappa shape index (κ3) is 10.3. The van der Waals surface area contributed by atoms with Crippen molar-refractivity contribution in [3.63, 3.8) is 0 Å². The summed E-state index contributed by atoms with van der Waals surface area (Å²) in [5.41, 5.74) is 4.57. The molecule has 3 heterocycles. The van der Waals surface area contributed by atoms with Crippen molar-refractivity contribution in [3.05, 3.63) is 95.9 Å². The highest BCUT2D eigenvalue weighted by atomic mass is 16.6. The zero-order valence-corrected chi connectivity index (χ0v) is 28.6. The Labute approximate surface area is 291 Å². The molecule has 5 rings (SSSR count). The van der Waals surface area contributed by atoms with E-state index in [-0.39, 0.29) is 12.5 Å². The Hall–Kier alpha value is -5.37. The summed E-state index contributed by atoms with van der Waals surface area (Å²) in [5, 5.41) is 12.4. The van der Waals surface area contributed by atoms with Crippen molar-refractivity contribution in [2.45, 2.75) is 20.0 Å². The van der Waals surface area contributed by atoms with Crippen molar-refractivity contribution in [2.24, 2.45) is 10.1 Å². The highest BCUT2D eigenvalue weighted by Gasteiger charge is 2.08. The standard InChI is InChI=1S/C37H43N7O6/c1-4-44-17-13-32-29(6-5-7-34(32)44)24-39-15-18-47-20-21-48-19-16-40-35(45)26-49-31-10-11-33-27(22-31)8-9-30(43-33)25-42-50-37(38-2)28-12-14-41-36(23-28)46-3/h5-14,17,22-23,25,39H,4,15-16,18-21,24,26H2,1-3H3,(H,40,45)/b38-37?,42-25+. The molecule has 2 N–H and O–H groups in total. The van der Waals surface area contributed by atoms with Crippen LogP contribution in [-0.4, -0.2) is 92.8 Å². The number of fused-ring (bicyclic) bond motifs is 2. The number of aliphatic imine (C=N–C) groups is 1. The van der Waals surface area contributed by atoms with Gasteiger partial charge in [0.05, 0.1) is 51.0 Å². The first-order valence-electron chi connectivity index (χ1n) is 16.5. The minimum absolute atomic E-state index is 0.110. The van der Waals surface area contributed by atoms with Gasteiger partial charge >= 0.3 is 0 Å². The summed E-state index contributed by atoms with van der Waals surface area (Å²) in [4.78, 5) is 30.5. The normalized spacial score (nSPS) is 11.8. The molecule has 0 radical (unpaired) electrons. The Balaban J connectivity index is 0.922. The van der Waals surface area contributed by atoms with Crippen LogP contribution in [0.3, 0.4) is 0 Å². The summed E-state index contributed by atoms with van der Waals surface area (Å²) in [6.07, 6.45) is 5.24. The van der Waals surface area contributed by atoms with Crippen molar-refractivity contribution >= 4 is 39.8 Å². The SMILES string of the molecule is CCn1ccc2c(CNCCOCCOCCNC(=O)COc3ccc4nc(/C=N/OC(=NC)c5ccnc(OC)c5)ccc4c3)cccc21. The zero-order chi connectivity index (χ0) is 35.0. The van der Waals surface area contributed by atoms with Gasteiger partial charge < -0.3 is 39.0 Å². The van der Waals surface area contributed by atoms with Crippen LogP contribution in [0.5, 0.6) is 11.6 Å². The number of pyridine rings is 2. The highest BCUT2D eigenvalue weighted by Crippen LogP contribution is 2.21. The number of carbonyl (C=O) groups excluding carboxylic acids is 1. The fourth-order valence-corrected chi connectivity index (χ4v) is 5.16. The van der Waals surface area contributed by atoms with Crippen LogP contribution in [0.15, 0.2) is 89.3 Å². The highest BCUT2D eigenvalue weighted by molar-refractivity contribution is 5.94. The average Bonchev–Trinajstić information content (AvgIpc) is 3.58. The zero-order valence-electron chi connectivity index (χ0n) is 28.6. The number of carbonyl (C=O) groups is 1. The number of hydrogen-bond acceptors (Lipinski definition) is 11. The largest absolute Gasteiger partial charge is 0.484 e. The Bertz CT molecular complexity index is 1910. The molecule has 0 bridgehead atoms. The number of aromatic nitrogens is 3. The molecule has 0 spiro atoms. The van der Waals surface area contributed by atoms with Crippen molar-refractivity contribution in [3.8, 4) is 11.6 Å². The molecule has 0 unspecified atom stereocenters. The fourth-order valence-electron chi connectivity index (χ4n) is 5.16. The van der Waals surface area contributed by atoms with Gasteiger partial charge in [-0.2, -0.15) is 0 Å². The maximum absolute atomic E-state index is 12.3. The average molecular weight is 682 g/mol. The Kier molecular flexibility index (Phi) is 13.6. The summed E-state index contributed by atoms with van der Waals surface area (Å²) in [6.45, 7) is 6.86. The minimum Gasteiger partial charge on any atom is -0.484 e. The number of ether oxygens (including phenoxy) is 4. The van der Waals surface area contributed by atoms with Crippen LogP contribution in [0.25, 0.3) is 21.8 Å². The molecule has 0 aliphatic heterocycles. The molecule has 3 aromatic heterocycles. The van der Waals surface area contributed by atoms with Crippen molar-refractivity contribution in [1.29, 1.82) is 0 Å². The first-order chi connectivity index (χ1) is 24.6. The monoisotopic (exact) mass is 681 g/mol. The summed E-state index contributed by atoms with van der Waals surface area (Å²) in [6, 6.07) is 21.2. The number of nitrogens with one attached hydrogen (secondary N) is 2. The lowest BCUT2D eigenvalue weighted by Crippen LogP contribution is -2.32. The summed E-state index contributed by atoms with van der Waals surface area (Å²) < 4.78 is 24.3. The first kappa shape index (κ1) is 35.9. The van der Waals surface area contributed by atoms with Crippen molar-refractivity contribution in [1.82, 2.24) is 25.2 Å². The molecule has 5 aromatic rings. The molecule has 0 atom stereocenters. The smallest absolute Gasteiger partial charge is 0.258 e. The predicted molar refractivity (Wildman–Crippen MR) is 193 cm³/mol.